The highest BCUT2D eigenvalue weighted by Crippen LogP contribution is 2.29. The molecule has 29 heavy (non-hydrogen) atoms. The standard InChI is InChI=1S/C19H25ClN4O4S/c20-17-3-1-2-4-19(17)28-10-6-16-13-18(22-21-16)15-5-7-24(14-15)29(25,26)23-8-11-27-12-9-23/h1-4,13,15H,5-12,14H2,(H,21,22). The molecule has 0 radical (unpaired) electrons. The highest BCUT2D eigenvalue weighted by atomic mass is 35.5. The first-order chi connectivity index (χ1) is 14.0. The van der Waals surface area contributed by atoms with Crippen molar-refractivity contribution in [2.24, 2.45) is 0 Å². The van der Waals surface area contributed by atoms with Crippen molar-refractivity contribution < 1.29 is 17.9 Å². The molecule has 1 atom stereocenters. The van der Waals surface area contributed by atoms with Crippen molar-refractivity contribution in [2.45, 2.75) is 18.8 Å². The number of nitrogens with one attached hydrogen (secondary N) is 1. The van der Waals surface area contributed by atoms with Crippen LogP contribution in [0.1, 0.15) is 23.7 Å². The molecule has 8 nitrogen and oxygen atoms in total. The SMILES string of the molecule is O=S(=O)(N1CCOCC1)N1CCC(c2cc(CCOc3ccccc3Cl)[nH]n2)C1. The maximum atomic E-state index is 12.8. The summed E-state index contributed by atoms with van der Waals surface area (Å²) >= 11 is 6.09. The number of halogens is 1. The van der Waals surface area contributed by atoms with Crippen LogP contribution in [0.5, 0.6) is 5.75 Å². The Kier molecular flexibility index (Phi) is 6.41. The van der Waals surface area contributed by atoms with Gasteiger partial charge < -0.3 is 9.47 Å². The lowest BCUT2D eigenvalue weighted by molar-refractivity contribution is 0.0705. The molecule has 3 heterocycles. The summed E-state index contributed by atoms with van der Waals surface area (Å²) in [6.07, 6.45) is 1.44. The minimum Gasteiger partial charge on any atom is -0.492 e. The van der Waals surface area contributed by atoms with Gasteiger partial charge in [-0.05, 0) is 24.6 Å². The van der Waals surface area contributed by atoms with Crippen LogP contribution in [0, 0.1) is 0 Å². The van der Waals surface area contributed by atoms with Crippen LogP contribution in [0.25, 0.3) is 0 Å². The molecule has 2 aliphatic rings. The number of H-pyrrole nitrogens is 1. The summed E-state index contributed by atoms with van der Waals surface area (Å²) in [4.78, 5) is 0. The summed E-state index contributed by atoms with van der Waals surface area (Å²) in [5.41, 5.74) is 1.86. The van der Waals surface area contributed by atoms with Gasteiger partial charge in [-0.15, -0.1) is 0 Å². The van der Waals surface area contributed by atoms with Crippen molar-refractivity contribution in [3.05, 3.63) is 46.7 Å². The van der Waals surface area contributed by atoms with E-state index in [1.807, 2.05) is 24.3 Å². The Bertz CT molecular complexity index is 930. The fraction of sp³-hybridized carbons (Fsp3) is 0.526. The van der Waals surface area contributed by atoms with Crippen molar-refractivity contribution in [2.75, 3.05) is 46.0 Å². The van der Waals surface area contributed by atoms with Crippen molar-refractivity contribution in [3.63, 3.8) is 0 Å². The molecule has 0 aliphatic carbocycles. The molecule has 0 bridgehead atoms. The van der Waals surface area contributed by atoms with Gasteiger partial charge in [0.05, 0.1) is 30.5 Å². The van der Waals surface area contributed by atoms with Gasteiger partial charge in [0, 0.05) is 44.2 Å². The normalized spacial score (nSPS) is 21.5. The minimum absolute atomic E-state index is 0.0975. The molecule has 1 unspecified atom stereocenters. The highest BCUT2D eigenvalue weighted by molar-refractivity contribution is 7.86. The third-order valence-electron chi connectivity index (χ3n) is 5.31. The average Bonchev–Trinajstić information content (AvgIpc) is 3.40. The van der Waals surface area contributed by atoms with Gasteiger partial charge in [-0.1, -0.05) is 23.7 Å². The van der Waals surface area contributed by atoms with E-state index in [0.29, 0.717) is 63.2 Å². The molecular weight excluding hydrogens is 416 g/mol. The third-order valence-corrected chi connectivity index (χ3v) is 7.62. The Morgan fingerprint density at radius 2 is 2.00 bits per heavy atom. The number of ether oxygens (including phenoxy) is 2. The first-order valence-electron chi connectivity index (χ1n) is 9.78. The molecule has 4 rings (SSSR count). The van der Waals surface area contributed by atoms with Crippen molar-refractivity contribution >= 4 is 21.8 Å². The number of benzene rings is 1. The molecule has 2 saturated heterocycles. The van der Waals surface area contributed by atoms with Gasteiger partial charge in [0.2, 0.25) is 0 Å². The lowest BCUT2D eigenvalue weighted by atomic mass is 10.0. The highest BCUT2D eigenvalue weighted by Gasteiger charge is 2.37. The fourth-order valence-corrected chi connectivity index (χ4v) is 5.50. The van der Waals surface area contributed by atoms with E-state index in [1.165, 1.54) is 4.31 Å². The van der Waals surface area contributed by atoms with Crippen LogP contribution >= 0.6 is 11.6 Å². The summed E-state index contributed by atoms with van der Waals surface area (Å²) < 4.78 is 39.7. The summed E-state index contributed by atoms with van der Waals surface area (Å²) in [5.74, 6) is 0.758. The van der Waals surface area contributed by atoms with Gasteiger partial charge in [0.1, 0.15) is 5.75 Å². The number of aromatic nitrogens is 2. The van der Waals surface area contributed by atoms with Gasteiger partial charge in [-0.2, -0.15) is 22.1 Å². The monoisotopic (exact) mass is 440 g/mol. The second kappa shape index (κ2) is 9.01. The maximum absolute atomic E-state index is 12.8. The van der Waals surface area contributed by atoms with E-state index in [1.54, 1.807) is 10.4 Å². The summed E-state index contributed by atoms with van der Waals surface area (Å²) in [7, 11) is -3.43. The predicted molar refractivity (Wildman–Crippen MR) is 109 cm³/mol. The summed E-state index contributed by atoms with van der Waals surface area (Å²) in [5, 5.41) is 8.04. The van der Waals surface area contributed by atoms with Gasteiger partial charge >= 0.3 is 0 Å². The van der Waals surface area contributed by atoms with E-state index >= 15 is 0 Å². The molecule has 2 aliphatic heterocycles. The second-order valence-corrected chi connectivity index (χ2v) is 9.55. The van der Waals surface area contributed by atoms with E-state index in [9.17, 15) is 8.42 Å². The molecule has 2 fully saturated rings. The van der Waals surface area contributed by atoms with Crippen molar-refractivity contribution in [1.82, 2.24) is 18.8 Å². The third kappa shape index (κ3) is 4.75. The van der Waals surface area contributed by atoms with Gasteiger partial charge in [-0.3, -0.25) is 5.10 Å². The fourth-order valence-electron chi connectivity index (χ4n) is 3.67. The Labute approximate surface area is 175 Å². The van der Waals surface area contributed by atoms with E-state index in [-0.39, 0.29) is 5.92 Å². The zero-order valence-electron chi connectivity index (χ0n) is 16.1. The number of rotatable bonds is 7. The molecular formula is C19H25ClN4O4S. The molecule has 1 N–H and O–H groups in total. The van der Waals surface area contributed by atoms with E-state index < -0.39 is 10.2 Å². The molecule has 2 aromatic rings. The van der Waals surface area contributed by atoms with Crippen LogP contribution in [0.15, 0.2) is 30.3 Å². The number of aromatic amines is 1. The second-order valence-electron chi connectivity index (χ2n) is 7.21. The first-order valence-corrected chi connectivity index (χ1v) is 11.6. The minimum atomic E-state index is -3.43. The van der Waals surface area contributed by atoms with Crippen LogP contribution in [0.4, 0.5) is 0 Å². The van der Waals surface area contributed by atoms with Gasteiger partial charge in [0.15, 0.2) is 0 Å². The Morgan fingerprint density at radius 3 is 2.79 bits per heavy atom. The number of nitrogens with zero attached hydrogens (tertiary/aromatic N) is 3. The smallest absolute Gasteiger partial charge is 0.282 e. The quantitative estimate of drug-likeness (QED) is 0.711. The zero-order chi connectivity index (χ0) is 20.3. The number of hydrogen-bond acceptors (Lipinski definition) is 5. The van der Waals surface area contributed by atoms with Gasteiger partial charge in [0.25, 0.3) is 10.2 Å². The Morgan fingerprint density at radius 1 is 1.21 bits per heavy atom. The summed E-state index contributed by atoms with van der Waals surface area (Å²) in [6.45, 7) is 3.20. The predicted octanol–water partition coefficient (Wildman–Crippen LogP) is 2.05. The number of morpholine rings is 1. The van der Waals surface area contributed by atoms with Crippen LogP contribution in [-0.4, -0.2) is 73.2 Å². The molecule has 1 aromatic heterocycles. The van der Waals surface area contributed by atoms with Crippen LogP contribution < -0.4 is 4.74 Å². The number of hydrogen-bond donors (Lipinski definition) is 1. The van der Waals surface area contributed by atoms with E-state index in [4.69, 9.17) is 21.1 Å². The van der Waals surface area contributed by atoms with Crippen LogP contribution in [-0.2, 0) is 21.4 Å². The molecule has 0 amide bonds. The summed E-state index contributed by atoms with van der Waals surface area (Å²) in [6, 6.07) is 9.38. The van der Waals surface area contributed by atoms with E-state index in [2.05, 4.69) is 10.2 Å². The van der Waals surface area contributed by atoms with Gasteiger partial charge in [-0.25, -0.2) is 0 Å². The van der Waals surface area contributed by atoms with Crippen molar-refractivity contribution in [3.8, 4) is 5.75 Å². The lowest BCUT2D eigenvalue weighted by Crippen LogP contribution is -2.47. The molecule has 158 valence electrons. The van der Waals surface area contributed by atoms with E-state index in [0.717, 1.165) is 17.8 Å². The zero-order valence-corrected chi connectivity index (χ0v) is 17.7. The lowest BCUT2D eigenvalue weighted by Gasteiger charge is -2.30. The Hall–Kier alpha value is -1.65. The molecule has 0 saturated carbocycles. The Balaban J connectivity index is 1.31. The van der Waals surface area contributed by atoms with Crippen LogP contribution in [0.3, 0.4) is 0 Å². The first kappa shape index (κ1) is 20.6. The topological polar surface area (TPSA) is 87.8 Å². The number of para-hydroxylation sites is 1. The average molecular weight is 441 g/mol. The van der Waals surface area contributed by atoms with Crippen LogP contribution in [0.2, 0.25) is 5.02 Å². The molecule has 10 heteroatoms. The molecule has 1 aromatic carbocycles. The maximum Gasteiger partial charge on any atom is 0.282 e. The molecule has 0 spiro atoms. The largest absolute Gasteiger partial charge is 0.492 e. The van der Waals surface area contributed by atoms with Crippen molar-refractivity contribution in [1.29, 1.82) is 0 Å².